The second kappa shape index (κ2) is 2.65. The van der Waals surface area contributed by atoms with E-state index >= 15 is 0 Å². The molecule has 0 saturated heterocycles. The summed E-state index contributed by atoms with van der Waals surface area (Å²) in [6.07, 6.45) is 0. The summed E-state index contributed by atoms with van der Waals surface area (Å²) in [4.78, 5) is 0. The number of rotatable bonds is 0. The molecular weight excluding hydrogens is 232 g/mol. The van der Waals surface area contributed by atoms with Crippen LogP contribution >= 0.6 is 31.9 Å². The molecule has 0 amide bonds. The van der Waals surface area contributed by atoms with Gasteiger partial charge in [0.05, 0.1) is 0 Å². The van der Waals surface area contributed by atoms with Crippen LogP contribution in [0.1, 0.15) is 0 Å². The summed E-state index contributed by atoms with van der Waals surface area (Å²) in [5.74, 6) is 0. The topological polar surface area (TPSA) is 0 Å². The van der Waals surface area contributed by atoms with Gasteiger partial charge in [-0.05, 0) is 28.1 Å². The summed E-state index contributed by atoms with van der Waals surface area (Å²) >= 11 is 6.48. The van der Waals surface area contributed by atoms with Crippen LogP contribution in [0.15, 0.2) is 21.1 Å². The van der Waals surface area contributed by atoms with Crippen molar-refractivity contribution in [3.05, 3.63) is 33.2 Å². The van der Waals surface area contributed by atoms with Gasteiger partial charge in [-0.2, -0.15) is 0 Å². The first kappa shape index (κ1) is 6.30. The standard InChI is InChI=1S/C6H2Br2/c7-5-2-1-3-6(8)4-5/h1-2H. The second-order valence-electron chi connectivity index (χ2n) is 1.26. The zero-order valence-electron chi connectivity index (χ0n) is 3.91. The van der Waals surface area contributed by atoms with E-state index in [0.717, 1.165) is 8.95 Å². The van der Waals surface area contributed by atoms with Gasteiger partial charge in [0.25, 0.3) is 0 Å². The van der Waals surface area contributed by atoms with Crippen LogP contribution in [0.25, 0.3) is 0 Å². The van der Waals surface area contributed by atoms with Crippen molar-refractivity contribution in [1.29, 1.82) is 0 Å². The molecule has 8 heavy (non-hydrogen) atoms. The highest BCUT2D eigenvalue weighted by molar-refractivity contribution is 9.11. The average Bonchev–Trinajstić information content (AvgIpc) is 1.64. The lowest BCUT2D eigenvalue weighted by Crippen LogP contribution is -1.64. The lowest BCUT2D eigenvalue weighted by Gasteiger charge is -1.85. The van der Waals surface area contributed by atoms with E-state index in [0.29, 0.717) is 0 Å². The number of hydrogen-bond donors (Lipinski definition) is 0. The van der Waals surface area contributed by atoms with E-state index < -0.39 is 0 Å². The molecule has 1 aromatic carbocycles. The van der Waals surface area contributed by atoms with Crippen molar-refractivity contribution < 1.29 is 0 Å². The van der Waals surface area contributed by atoms with E-state index in [9.17, 15) is 0 Å². The third-order valence-corrected chi connectivity index (χ3v) is 1.56. The first-order valence-electron chi connectivity index (χ1n) is 2.04. The summed E-state index contributed by atoms with van der Waals surface area (Å²) < 4.78 is 1.80. The Morgan fingerprint density at radius 1 is 1.38 bits per heavy atom. The molecule has 2 heteroatoms. The van der Waals surface area contributed by atoms with Crippen LogP contribution in [0, 0.1) is 12.1 Å². The van der Waals surface area contributed by atoms with Crippen molar-refractivity contribution in [3.63, 3.8) is 0 Å². The Bertz CT molecular complexity index is 166. The minimum atomic E-state index is 0.854. The molecule has 1 rings (SSSR count). The molecule has 0 N–H and O–H groups in total. The zero-order valence-corrected chi connectivity index (χ0v) is 7.08. The van der Waals surface area contributed by atoms with Crippen LogP contribution in [-0.4, -0.2) is 0 Å². The molecule has 0 bridgehead atoms. The number of benzene rings is 1. The second-order valence-corrected chi connectivity index (χ2v) is 2.91. The van der Waals surface area contributed by atoms with Gasteiger partial charge < -0.3 is 0 Å². The first-order valence-corrected chi connectivity index (χ1v) is 3.62. The maximum absolute atomic E-state index is 3.26. The van der Waals surface area contributed by atoms with Gasteiger partial charge in [-0.3, -0.25) is 0 Å². The SMILES string of the molecule is Brc1[c]ccc(Br)[c]1. The Labute approximate surface area is 65.2 Å². The third kappa shape index (κ3) is 1.60. The highest BCUT2D eigenvalue weighted by atomic mass is 79.9. The molecule has 0 aliphatic carbocycles. The maximum Gasteiger partial charge on any atom is 0.0344 e. The first-order chi connectivity index (χ1) is 3.79. The fraction of sp³-hybridized carbons (Fsp3) is 0. The van der Waals surface area contributed by atoms with E-state index in [4.69, 9.17) is 0 Å². The summed E-state index contributed by atoms with van der Waals surface area (Å²) in [6, 6.07) is 9.55. The molecule has 1 aromatic rings. The van der Waals surface area contributed by atoms with Crippen LogP contribution in [-0.2, 0) is 0 Å². The Hall–Kier alpha value is 0.180. The third-order valence-electron chi connectivity index (χ3n) is 0.669. The van der Waals surface area contributed by atoms with Gasteiger partial charge >= 0.3 is 0 Å². The molecule has 0 nitrogen and oxygen atoms in total. The predicted octanol–water partition coefficient (Wildman–Crippen LogP) is 2.81. The van der Waals surface area contributed by atoms with Crippen LogP contribution in [0.2, 0.25) is 0 Å². The highest BCUT2D eigenvalue weighted by Crippen LogP contribution is 2.13. The van der Waals surface area contributed by atoms with Crippen molar-refractivity contribution in [2.75, 3.05) is 0 Å². The molecule has 0 aliphatic heterocycles. The fourth-order valence-electron chi connectivity index (χ4n) is 0.371. The molecular formula is C6H2Br2. The van der Waals surface area contributed by atoms with Crippen LogP contribution in [0.5, 0.6) is 0 Å². The van der Waals surface area contributed by atoms with Crippen LogP contribution in [0.3, 0.4) is 0 Å². The Morgan fingerprint density at radius 2 is 2.12 bits per heavy atom. The number of halogens is 2. The van der Waals surface area contributed by atoms with E-state index in [1.165, 1.54) is 0 Å². The van der Waals surface area contributed by atoms with Gasteiger partial charge in [0, 0.05) is 15.0 Å². The lowest BCUT2D eigenvalue weighted by atomic mass is 10.4. The molecule has 0 spiro atoms. The maximum atomic E-state index is 3.26. The lowest BCUT2D eigenvalue weighted by molar-refractivity contribution is 1.57. The molecule has 0 aliphatic rings. The average molecular weight is 234 g/mol. The van der Waals surface area contributed by atoms with Gasteiger partial charge in [0.1, 0.15) is 0 Å². The molecule has 0 unspecified atom stereocenters. The Morgan fingerprint density at radius 3 is 2.50 bits per heavy atom. The Balaban J connectivity index is 3.08. The largest absolute Gasteiger partial charge is 0.0520 e. The molecule has 0 fully saturated rings. The molecule has 0 aromatic heterocycles. The van der Waals surface area contributed by atoms with Gasteiger partial charge in [0.15, 0.2) is 0 Å². The van der Waals surface area contributed by atoms with Gasteiger partial charge in [-0.1, -0.05) is 22.0 Å². The van der Waals surface area contributed by atoms with E-state index in [1.807, 2.05) is 12.1 Å². The van der Waals surface area contributed by atoms with Crippen molar-refractivity contribution >= 4 is 31.9 Å². The zero-order chi connectivity index (χ0) is 5.98. The van der Waals surface area contributed by atoms with Crippen molar-refractivity contribution in [1.82, 2.24) is 0 Å². The molecule has 0 heterocycles. The molecule has 40 valence electrons. The van der Waals surface area contributed by atoms with Crippen LogP contribution in [0.4, 0.5) is 0 Å². The summed E-state index contributed by atoms with van der Waals surface area (Å²) in [5, 5.41) is 0. The summed E-state index contributed by atoms with van der Waals surface area (Å²) in [7, 11) is 0. The van der Waals surface area contributed by atoms with E-state index in [-0.39, 0.29) is 0 Å². The van der Waals surface area contributed by atoms with Gasteiger partial charge in [0.2, 0.25) is 0 Å². The Kier molecular flexibility index (Phi) is 2.08. The molecule has 0 saturated carbocycles. The predicted molar refractivity (Wildman–Crippen MR) is 39.5 cm³/mol. The van der Waals surface area contributed by atoms with Gasteiger partial charge in [-0.15, -0.1) is 0 Å². The molecule has 0 atom stereocenters. The summed E-state index contributed by atoms with van der Waals surface area (Å²) in [6.45, 7) is 0. The normalized spacial score (nSPS) is 9.25. The fourth-order valence-corrected chi connectivity index (χ4v) is 1.31. The molecule has 2 radical (unpaired) electrons. The summed E-state index contributed by atoms with van der Waals surface area (Å²) in [5.41, 5.74) is 0. The van der Waals surface area contributed by atoms with E-state index in [1.54, 1.807) is 0 Å². The van der Waals surface area contributed by atoms with Crippen molar-refractivity contribution in [2.24, 2.45) is 0 Å². The van der Waals surface area contributed by atoms with Crippen LogP contribution < -0.4 is 0 Å². The minimum absolute atomic E-state index is 0.854. The van der Waals surface area contributed by atoms with Gasteiger partial charge in [-0.25, -0.2) is 0 Å². The monoisotopic (exact) mass is 232 g/mol. The number of hydrogen-bond acceptors (Lipinski definition) is 0. The minimum Gasteiger partial charge on any atom is -0.0520 e. The van der Waals surface area contributed by atoms with Crippen molar-refractivity contribution in [3.8, 4) is 0 Å². The quantitative estimate of drug-likeness (QED) is 0.647. The smallest absolute Gasteiger partial charge is 0.0344 e. The van der Waals surface area contributed by atoms with Crippen molar-refractivity contribution in [2.45, 2.75) is 0 Å². The van der Waals surface area contributed by atoms with E-state index in [2.05, 4.69) is 44.0 Å². The highest BCUT2D eigenvalue weighted by Gasteiger charge is 1.85.